The average Bonchev–Trinajstić information content (AvgIpc) is 2.16. The predicted molar refractivity (Wildman–Crippen MR) is 54.4 cm³/mol. The van der Waals surface area contributed by atoms with E-state index in [4.69, 9.17) is 15.6 Å². The highest BCUT2D eigenvalue weighted by molar-refractivity contribution is 5.76. The smallest absolute Gasteiger partial charge is 0.330 e. The zero-order valence-corrected chi connectivity index (χ0v) is 8.77. The van der Waals surface area contributed by atoms with Gasteiger partial charge < -0.3 is 15.6 Å². The van der Waals surface area contributed by atoms with Gasteiger partial charge in [0.2, 0.25) is 0 Å². The van der Waals surface area contributed by atoms with E-state index in [1.807, 2.05) is 0 Å². The molecule has 0 heterocycles. The lowest BCUT2D eigenvalue weighted by Crippen LogP contribution is -2.40. The lowest BCUT2D eigenvalue weighted by atomic mass is 10.2. The molecule has 82 valence electrons. The summed E-state index contributed by atoms with van der Waals surface area (Å²) in [5.74, 6) is -0.604. The number of nitrogens with two attached hydrogens (primary N) is 1. The van der Waals surface area contributed by atoms with Gasteiger partial charge in [-0.2, -0.15) is 0 Å². The molecule has 0 aromatic rings. The summed E-state index contributed by atoms with van der Waals surface area (Å²) in [6.45, 7) is 3.54. The van der Waals surface area contributed by atoms with Gasteiger partial charge in [-0.3, -0.25) is 0 Å². The third kappa shape index (κ3) is 5.72. The minimum Gasteiger partial charge on any atom is -0.434 e. The Morgan fingerprint density at radius 3 is 2.79 bits per heavy atom. The van der Waals surface area contributed by atoms with Gasteiger partial charge in [0.25, 0.3) is 0 Å². The fourth-order valence-electron chi connectivity index (χ4n) is 0.781. The molecule has 2 atom stereocenters. The van der Waals surface area contributed by atoms with Gasteiger partial charge in [-0.1, -0.05) is 13.3 Å². The lowest BCUT2D eigenvalue weighted by molar-refractivity contribution is -0.141. The zero-order valence-electron chi connectivity index (χ0n) is 8.77. The molecule has 0 aromatic carbocycles. The Balaban J connectivity index is 3.68. The minimum absolute atomic E-state index is 0.604. The summed E-state index contributed by atoms with van der Waals surface area (Å²) in [6, 6.07) is -0.967. The van der Waals surface area contributed by atoms with Crippen molar-refractivity contribution in [3.05, 3.63) is 12.3 Å². The molecule has 0 bridgehead atoms. The van der Waals surface area contributed by atoms with E-state index >= 15 is 0 Å². The molecular weight excluding hydrogens is 182 g/mol. The van der Waals surface area contributed by atoms with Gasteiger partial charge in [-0.05, 0) is 25.8 Å². The first-order valence-electron chi connectivity index (χ1n) is 4.88. The molecule has 0 rings (SSSR count). The number of aliphatic hydroxyl groups is 1. The Morgan fingerprint density at radius 1 is 1.64 bits per heavy atom. The average molecular weight is 201 g/mol. The van der Waals surface area contributed by atoms with Crippen LogP contribution in [0.3, 0.4) is 0 Å². The van der Waals surface area contributed by atoms with Crippen LogP contribution in [-0.4, -0.2) is 23.2 Å². The van der Waals surface area contributed by atoms with Gasteiger partial charge in [0.05, 0.1) is 12.4 Å². The van der Waals surface area contributed by atoms with E-state index in [0.29, 0.717) is 0 Å². The highest BCUT2D eigenvalue weighted by Crippen LogP contribution is 1.97. The van der Waals surface area contributed by atoms with Gasteiger partial charge in [0.1, 0.15) is 6.04 Å². The zero-order chi connectivity index (χ0) is 11.0. The fourth-order valence-corrected chi connectivity index (χ4v) is 0.781. The van der Waals surface area contributed by atoms with Crippen molar-refractivity contribution in [3.63, 3.8) is 0 Å². The Morgan fingerprint density at radius 2 is 2.29 bits per heavy atom. The van der Waals surface area contributed by atoms with Crippen LogP contribution in [0.4, 0.5) is 0 Å². The Hall–Kier alpha value is -0.870. The second-order valence-electron chi connectivity index (χ2n) is 3.22. The van der Waals surface area contributed by atoms with Crippen LogP contribution in [0.1, 0.15) is 33.1 Å². The molecule has 0 aliphatic carbocycles. The van der Waals surface area contributed by atoms with Crippen molar-refractivity contribution in [2.75, 3.05) is 0 Å². The first-order chi connectivity index (χ1) is 6.59. The van der Waals surface area contributed by atoms with Crippen LogP contribution in [0.15, 0.2) is 12.3 Å². The number of hydrogen-bond donors (Lipinski definition) is 2. The van der Waals surface area contributed by atoms with Crippen LogP contribution in [0.25, 0.3) is 0 Å². The van der Waals surface area contributed by atoms with E-state index in [1.54, 1.807) is 6.08 Å². The van der Waals surface area contributed by atoms with E-state index in [1.165, 1.54) is 13.2 Å². The maximum atomic E-state index is 11.1. The van der Waals surface area contributed by atoms with Crippen molar-refractivity contribution in [1.29, 1.82) is 0 Å². The molecule has 4 nitrogen and oxygen atoms in total. The molecule has 0 aromatic heterocycles. The molecule has 0 unspecified atom stereocenters. The predicted octanol–water partition coefficient (Wildman–Crippen LogP) is 0.942. The van der Waals surface area contributed by atoms with Crippen molar-refractivity contribution in [1.82, 2.24) is 0 Å². The maximum Gasteiger partial charge on any atom is 0.330 e. The van der Waals surface area contributed by atoms with Crippen molar-refractivity contribution in [2.24, 2.45) is 5.73 Å². The van der Waals surface area contributed by atoms with Crippen LogP contribution < -0.4 is 5.73 Å². The Kier molecular flexibility index (Phi) is 7.06. The van der Waals surface area contributed by atoms with Gasteiger partial charge >= 0.3 is 5.97 Å². The molecular formula is C10H19NO3. The molecule has 3 N–H and O–H groups in total. The summed E-state index contributed by atoms with van der Waals surface area (Å²) in [7, 11) is 0. The summed E-state index contributed by atoms with van der Waals surface area (Å²) in [6.07, 6.45) is 5.28. The Labute approximate surface area is 84.7 Å². The summed E-state index contributed by atoms with van der Waals surface area (Å²) < 4.78 is 4.71. The van der Waals surface area contributed by atoms with Crippen LogP contribution in [0.5, 0.6) is 0 Å². The molecule has 0 saturated carbocycles. The highest BCUT2D eigenvalue weighted by atomic mass is 16.5. The minimum atomic E-state index is -0.967. The summed E-state index contributed by atoms with van der Waals surface area (Å²) in [5.41, 5.74) is 5.34. The van der Waals surface area contributed by atoms with Crippen molar-refractivity contribution >= 4 is 5.97 Å². The summed E-state index contributed by atoms with van der Waals surface area (Å²) in [5, 5.41) is 8.98. The van der Waals surface area contributed by atoms with Crippen LogP contribution in [0, 0.1) is 0 Å². The van der Waals surface area contributed by atoms with Crippen molar-refractivity contribution < 1.29 is 14.6 Å². The van der Waals surface area contributed by atoms with Crippen LogP contribution >= 0.6 is 0 Å². The molecule has 4 heteroatoms. The third-order valence-corrected chi connectivity index (χ3v) is 1.80. The van der Waals surface area contributed by atoms with Crippen molar-refractivity contribution in [3.8, 4) is 0 Å². The van der Waals surface area contributed by atoms with Gasteiger partial charge in [-0.15, -0.1) is 0 Å². The first kappa shape index (κ1) is 13.1. The molecule has 0 aliphatic rings. The van der Waals surface area contributed by atoms with E-state index in [-0.39, 0.29) is 0 Å². The monoisotopic (exact) mass is 201 g/mol. The number of carbonyl (C=O) groups excluding carboxylic acids is 1. The molecule has 0 saturated heterocycles. The second kappa shape index (κ2) is 7.53. The molecule has 0 amide bonds. The third-order valence-electron chi connectivity index (χ3n) is 1.80. The van der Waals surface area contributed by atoms with Gasteiger partial charge in [0.15, 0.2) is 0 Å². The topological polar surface area (TPSA) is 72.5 Å². The first-order valence-corrected chi connectivity index (χ1v) is 4.88. The quantitative estimate of drug-likeness (QED) is 0.381. The molecule has 0 fully saturated rings. The number of carbonyl (C=O) groups is 1. The maximum absolute atomic E-state index is 11.1. The van der Waals surface area contributed by atoms with Crippen molar-refractivity contribution in [2.45, 2.75) is 45.3 Å². The van der Waals surface area contributed by atoms with E-state index in [2.05, 4.69) is 6.92 Å². The molecule has 14 heavy (non-hydrogen) atoms. The molecule has 0 radical (unpaired) electrons. The summed E-state index contributed by atoms with van der Waals surface area (Å²) in [4.78, 5) is 11.1. The molecule has 0 spiro atoms. The van der Waals surface area contributed by atoms with E-state index in [9.17, 15) is 4.79 Å². The summed E-state index contributed by atoms with van der Waals surface area (Å²) >= 11 is 0. The highest BCUT2D eigenvalue weighted by Gasteiger charge is 2.19. The Bertz CT molecular complexity index is 190. The number of ether oxygens (including phenoxy) is 1. The largest absolute Gasteiger partial charge is 0.434 e. The second-order valence-corrected chi connectivity index (χ2v) is 3.22. The standard InChI is InChI=1S/C10H19NO3/c1-3-4-5-6-7-14-10(13)9(11)8(2)12/h6-9,12H,3-5,11H2,1-2H3/t8-,9+/m1/s1. The number of rotatable bonds is 6. The number of hydrogen-bond acceptors (Lipinski definition) is 4. The lowest BCUT2D eigenvalue weighted by Gasteiger charge is -2.11. The number of allylic oxidation sites excluding steroid dienone is 1. The normalized spacial score (nSPS) is 15.4. The van der Waals surface area contributed by atoms with Crippen LogP contribution in [-0.2, 0) is 9.53 Å². The SMILES string of the molecule is CCCCC=COC(=O)[C@@H](N)[C@@H](C)O. The van der Waals surface area contributed by atoms with Crippen LogP contribution in [0.2, 0.25) is 0 Å². The number of aliphatic hydroxyl groups excluding tert-OH is 1. The fraction of sp³-hybridized carbons (Fsp3) is 0.700. The number of unbranched alkanes of at least 4 members (excludes halogenated alkanes) is 2. The van der Waals surface area contributed by atoms with E-state index in [0.717, 1.165) is 19.3 Å². The molecule has 0 aliphatic heterocycles. The number of esters is 1. The van der Waals surface area contributed by atoms with Gasteiger partial charge in [0, 0.05) is 0 Å². The van der Waals surface area contributed by atoms with E-state index < -0.39 is 18.1 Å². The van der Waals surface area contributed by atoms with Gasteiger partial charge in [-0.25, -0.2) is 4.79 Å².